The summed E-state index contributed by atoms with van der Waals surface area (Å²) in [7, 11) is 0. The van der Waals surface area contributed by atoms with E-state index in [0.717, 1.165) is 12.8 Å². The summed E-state index contributed by atoms with van der Waals surface area (Å²) in [6.07, 6.45) is 5.01. The number of hydrogen-bond acceptors (Lipinski definition) is 4. The molecule has 1 aliphatic heterocycles. The summed E-state index contributed by atoms with van der Waals surface area (Å²) in [4.78, 5) is 28.1. The number of nitrogens with zero attached hydrogens (tertiary/aromatic N) is 4. The summed E-state index contributed by atoms with van der Waals surface area (Å²) in [5.74, 6) is -1.93. The lowest BCUT2D eigenvalue weighted by atomic mass is 9.89. The number of aromatic nitrogens is 4. The molecule has 1 aromatic carbocycles. The molecule has 8 nitrogen and oxygen atoms in total. The van der Waals surface area contributed by atoms with Gasteiger partial charge in [-0.3, -0.25) is 9.48 Å². The van der Waals surface area contributed by atoms with Crippen LogP contribution in [0.25, 0.3) is 10.9 Å². The summed E-state index contributed by atoms with van der Waals surface area (Å²) in [5.41, 5.74) is 0.362. The van der Waals surface area contributed by atoms with Gasteiger partial charge in [0.2, 0.25) is 5.91 Å². The van der Waals surface area contributed by atoms with E-state index in [4.69, 9.17) is 16.7 Å². The van der Waals surface area contributed by atoms with Crippen molar-refractivity contribution in [2.24, 2.45) is 0 Å². The Balaban J connectivity index is 1.54. The lowest BCUT2D eigenvalue weighted by Gasteiger charge is -2.33. The van der Waals surface area contributed by atoms with Crippen LogP contribution in [0.5, 0.6) is 0 Å². The van der Waals surface area contributed by atoms with Gasteiger partial charge in [-0.05, 0) is 30.5 Å². The van der Waals surface area contributed by atoms with E-state index in [1.807, 2.05) is 0 Å². The molecular formula is C19H19ClFN5O3. The number of piperidine rings is 1. The largest absolute Gasteiger partial charge is 0.477 e. The molecule has 0 aliphatic carbocycles. The molecule has 0 bridgehead atoms. The number of aromatic amines is 1. The van der Waals surface area contributed by atoms with Crippen molar-refractivity contribution in [2.75, 3.05) is 13.1 Å². The Labute approximate surface area is 170 Å². The molecule has 3 heterocycles. The number of rotatable bonds is 5. The molecule has 0 radical (unpaired) electrons. The fourth-order valence-corrected chi connectivity index (χ4v) is 4.09. The molecule has 1 fully saturated rings. The molecule has 1 saturated heterocycles. The first-order valence-corrected chi connectivity index (χ1v) is 9.67. The second-order valence-electron chi connectivity index (χ2n) is 7.13. The number of carbonyl (C=O) groups is 2. The fraction of sp³-hybridized carbons (Fsp3) is 0.368. The van der Waals surface area contributed by atoms with Crippen molar-refractivity contribution < 1.29 is 19.1 Å². The first-order chi connectivity index (χ1) is 13.9. The zero-order chi connectivity index (χ0) is 20.5. The Morgan fingerprint density at radius 2 is 2.21 bits per heavy atom. The molecule has 152 valence electrons. The van der Waals surface area contributed by atoms with Crippen molar-refractivity contribution >= 4 is 34.4 Å². The lowest BCUT2D eigenvalue weighted by molar-refractivity contribution is -0.132. The number of carbonyl (C=O) groups excluding carboxylic acids is 1. The molecule has 1 atom stereocenters. The maximum atomic E-state index is 15.2. The number of benzene rings is 1. The summed E-state index contributed by atoms with van der Waals surface area (Å²) >= 11 is 6.30. The average molecular weight is 420 g/mol. The third-order valence-electron chi connectivity index (χ3n) is 5.30. The highest BCUT2D eigenvalue weighted by molar-refractivity contribution is 6.35. The van der Waals surface area contributed by atoms with Crippen LogP contribution in [0.15, 0.2) is 24.5 Å². The quantitative estimate of drug-likeness (QED) is 0.661. The Morgan fingerprint density at radius 1 is 1.38 bits per heavy atom. The van der Waals surface area contributed by atoms with E-state index in [1.54, 1.807) is 28.0 Å². The highest BCUT2D eigenvalue weighted by Crippen LogP contribution is 2.36. The Morgan fingerprint density at radius 3 is 2.93 bits per heavy atom. The molecule has 29 heavy (non-hydrogen) atoms. The Kier molecular flexibility index (Phi) is 5.23. The SMILES string of the molecule is O=C(O)c1cc2c(Cl)cc([C@H]3CCCN(C(=O)CCn4ccnn4)C3)c(F)c2[nH]1. The number of carboxylic acids is 1. The van der Waals surface area contributed by atoms with E-state index in [9.17, 15) is 9.59 Å². The average Bonchev–Trinajstić information content (AvgIpc) is 3.39. The van der Waals surface area contributed by atoms with Crippen molar-refractivity contribution in [3.8, 4) is 0 Å². The number of hydrogen-bond donors (Lipinski definition) is 2. The number of halogens is 2. The molecule has 0 spiro atoms. The highest BCUT2D eigenvalue weighted by Gasteiger charge is 2.28. The number of nitrogens with one attached hydrogen (secondary N) is 1. The third-order valence-corrected chi connectivity index (χ3v) is 5.61. The molecule has 0 unspecified atom stereocenters. The first-order valence-electron chi connectivity index (χ1n) is 9.30. The van der Waals surface area contributed by atoms with Crippen LogP contribution < -0.4 is 0 Å². The molecule has 2 N–H and O–H groups in total. The van der Waals surface area contributed by atoms with E-state index in [1.165, 1.54) is 6.07 Å². The smallest absolute Gasteiger partial charge is 0.352 e. The van der Waals surface area contributed by atoms with Gasteiger partial charge in [0.25, 0.3) is 0 Å². The van der Waals surface area contributed by atoms with Crippen LogP contribution in [-0.4, -0.2) is 55.0 Å². The van der Waals surface area contributed by atoms with Crippen LogP contribution >= 0.6 is 11.6 Å². The van der Waals surface area contributed by atoms with Gasteiger partial charge in [-0.1, -0.05) is 16.8 Å². The zero-order valence-corrected chi connectivity index (χ0v) is 16.2. The second kappa shape index (κ2) is 7.82. The van der Waals surface area contributed by atoms with E-state index in [-0.39, 0.29) is 34.5 Å². The number of aryl methyl sites for hydroxylation is 1. The van der Waals surface area contributed by atoms with Crippen molar-refractivity contribution in [1.29, 1.82) is 0 Å². The van der Waals surface area contributed by atoms with E-state index >= 15 is 4.39 Å². The summed E-state index contributed by atoms with van der Waals surface area (Å²) in [5, 5.41) is 17.3. The second-order valence-corrected chi connectivity index (χ2v) is 7.54. The lowest BCUT2D eigenvalue weighted by Crippen LogP contribution is -2.39. The standard InChI is InChI=1S/C19H19ClFN5O3/c20-14-8-12(17(21)18-13(14)9-15(23-18)19(28)29)11-2-1-5-25(10-11)16(27)3-6-26-7-4-22-24-26/h4,7-9,11,23H,1-3,5-6,10H2,(H,28,29)/t11-/m0/s1. The van der Waals surface area contributed by atoms with Gasteiger partial charge in [0, 0.05) is 37.0 Å². The van der Waals surface area contributed by atoms with Gasteiger partial charge in [-0.25, -0.2) is 9.18 Å². The van der Waals surface area contributed by atoms with E-state index in [2.05, 4.69) is 15.3 Å². The van der Waals surface area contributed by atoms with Gasteiger partial charge in [0.15, 0.2) is 5.82 Å². The van der Waals surface area contributed by atoms with Crippen LogP contribution in [0.1, 0.15) is 41.2 Å². The van der Waals surface area contributed by atoms with Crippen LogP contribution in [0.2, 0.25) is 5.02 Å². The molecule has 1 amide bonds. The summed E-state index contributed by atoms with van der Waals surface area (Å²) < 4.78 is 16.8. The first kappa shape index (κ1) is 19.4. The number of likely N-dealkylation sites (tertiary alicyclic amines) is 1. The number of aromatic carboxylic acids is 1. The van der Waals surface area contributed by atoms with Gasteiger partial charge in [0.05, 0.1) is 23.3 Å². The molecule has 2 aromatic heterocycles. The van der Waals surface area contributed by atoms with Gasteiger partial charge < -0.3 is 15.0 Å². The number of H-pyrrole nitrogens is 1. The summed E-state index contributed by atoms with van der Waals surface area (Å²) in [6.45, 7) is 1.45. The summed E-state index contributed by atoms with van der Waals surface area (Å²) in [6, 6.07) is 2.88. The Bertz CT molecular complexity index is 1070. The normalized spacial score (nSPS) is 17.0. The van der Waals surface area contributed by atoms with E-state index < -0.39 is 11.8 Å². The number of fused-ring (bicyclic) bond motifs is 1. The topological polar surface area (TPSA) is 104 Å². The molecule has 10 heteroatoms. The number of carboxylic acid groups (broad SMARTS) is 1. The highest BCUT2D eigenvalue weighted by atomic mass is 35.5. The van der Waals surface area contributed by atoms with Crippen LogP contribution in [0.3, 0.4) is 0 Å². The van der Waals surface area contributed by atoms with Crippen molar-refractivity contribution in [2.45, 2.75) is 31.7 Å². The predicted molar refractivity (Wildman–Crippen MR) is 103 cm³/mol. The molecule has 3 aromatic rings. The minimum Gasteiger partial charge on any atom is -0.477 e. The van der Waals surface area contributed by atoms with Crippen LogP contribution in [-0.2, 0) is 11.3 Å². The molecular weight excluding hydrogens is 401 g/mol. The van der Waals surface area contributed by atoms with Gasteiger partial charge >= 0.3 is 5.97 Å². The van der Waals surface area contributed by atoms with Crippen molar-refractivity contribution in [1.82, 2.24) is 24.9 Å². The predicted octanol–water partition coefficient (Wildman–Crippen LogP) is 3.05. The maximum absolute atomic E-state index is 15.2. The monoisotopic (exact) mass is 419 g/mol. The van der Waals surface area contributed by atoms with Crippen LogP contribution in [0, 0.1) is 5.82 Å². The molecule has 1 aliphatic rings. The minimum absolute atomic E-state index is 0.0224. The van der Waals surface area contributed by atoms with E-state index in [0.29, 0.717) is 30.6 Å². The minimum atomic E-state index is -1.18. The maximum Gasteiger partial charge on any atom is 0.352 e. The molecule has 4 rings (SSSR count). The van der Waals surface area contributed by atoms with Gasteiger partial charge in [0.1, 0.15) is 5.69 Å². The van der Waals surface area contributed by atoms with Crippen molar-refractivity contribution in [3.05, 3.63) is 46.6 Å². The van der Waals surface area contributed by atoms with Gasteiger partial charge in [-0.15, -0.1) is 5.10 Å². The fourth-order valence-electron chi connectivity index (χ4n) is 3.83. The number of amides is 1. The molecule has 0 saturated carbocycles. The Hall–Kier alpha value is -2.94. The van der Waals surface area contributed by atoms with Crippen molar-refractivity contribution in [3.63, 3.8) is 0 Å². The zero-order valence-electron chi connectivity index (χ0n) is 15.4. The van der Waals surface area contributed by atoms with Gasteiger partial charge in [-0.2, -0.15) is 0 Å². The van der Waals surface area contributed by atoms with Crippen LogP contribution in [0.4, 0.5) is 4.39 Å². The third kappa shape index (κ3) is 3.82.